The molecule has 10 rings (SSSR count). The van der Waals surface area contributed by atoms with Crippen LogP contribution in [0.25, 0.3) is 83.6 Å². The third kappa shape index (κ3) is 4.66. The second-order valence-corrected chi connectivity index (χ2v) is 14.2. The van der Waals surface area contributed by atoms with Crippen molar-refractivity contribution in [2.75, 3.05) is 0 Å². The Morgan fingerprint density at radius 1 is 0.462 bits per heavy atom. The lowest BCUT2D eigenvalue weighted by atomic mass is 9.81. The van der Waals surface area contributed by atoms with Crippen molar-refractivity contribution in [3.63, 3.8) is 0 Å². The van der Waals surface area contributed by atoms with E-state index >= 15 is 0 Å². The van der Waals surface area contributed by atoms with Gasteiger partial charge in [-0.2, -0.15) is 0 Å². The average molecular weight is 666 g/mol. The first-order valence-electron chi connectivity index (χ1n) is 17.9. The molecule has 0 saturated heterocycles. The van der Waals surface area contributed by atoms with Gasteiger partial charge in [-0.3, -0.25) is 0 Å². The molecule has 246 valence electrons. The van der Waals surface area contributed by atoms with Gasteiger partial charge < -0.3 is 4.57 Å². The van der Waals surface area contributed by atoms with E-state index in [1.807, 2.05) is 24.3 Å². The lowest BCUT2D eigenvalue weighted by Crippen LogP contribution is -2.15. The van der Waals surface area contributed by atoms with Crippen LogP contribution in [0.4, 0.5) is 0 Å². The highest BCUT2D eigenvalue weighted by molar-refractivity contribution is 6.21. The lowest BCUT2D eigenvalue weighted by Gasteiger charge is -2.23. The number of rotatable bonds is 5. The minimum absolute atomic E-state index is 0.145. The van der Waals surface area contributed by atoms with Crippen LogP contribution in [0.2, 0.25) is 0 Å². The van der Waals surface area contributed by atoms with E-state index in [0.29, 0.717) is 0 Å². The van der Waals surface area contributed by atoms with Crippen LogP contribution in [0.3, 0.4) is 0 Å². The summed E-state index contributed by atoms with van der Waals surface area (Å²) in [6.07, 6.45) is 0. The number of nitrogens with zero attached hydrogens (tertiary/aromatic N) is 3. The van der Waals surface area contributed by atoms with Gasteiger partial charge >= 0.3 is 0 Å². The first-order valence-corrected chi connectivity index (χ1v) is 17.9. The fourth-order valence-electron chi connectivity index (χ4n) is 8.29. The Labute approximate surface area is 303 Å². The summed E-state index contributed by atoms with van der Waals surface area (Å²) in [6, 6.07) is 62.8. The second-order valence-electron chi connectivity index (χ2n) is 14.2. The Bertz CT molecular complexity index is 2720. The summed E-state index contributed by atoms with van der Waals surface area (Å²) >= 11 is 0. The quantitative estimate of drug-likeness (QED) is 0.183. The van der Waals surface area contributed by atoms with E-state index in [1.165, 1.54) is 55.2 Å². The van der Waals surface area contributed by atoms with E-state index in [2.05, 4.69) is 170 Å². The topological polar surface area (TPSA) is 30.7 Å². The molecule has 0 bridgehead atoms. The predicted molar refractivity (Wildman–Crippen MR) is 216 cm³/mol. The number of hydrogen-bond donors (Lipinski definition) is 0. The van der Waals surface area contributed by atoms with Crippen molar-refractivity contribution in [1.82, 2.24) is 14.5 Å². The molecule has 0 radical (unpaired) electrons. The smallest absolute Gasteiger partial charge is 0.160 e. The van der Waals surface area contributed by atoms with E-state index < -0.39 is 0 Å². The Hall–Kier alpha value is -6.58. The fraction of sp³-hybridized carbons (Fsp3) is 0.0612. The summed E-state index contributed by atoms with van der Waals surface area (Å²) in [6.45, 7) is 4.74. The minimum atomic E-state index is -0.145. The maximum absolute atomic E-state index is 5.11. The standard InChI is InChI=1S/C49H35N3/c1-49(2)40-24-14-12-22-37(40)45-41(49)30-39(47-46(45)38-23-13-15-25-44(38)52(47)36-20-10-5-11-21-36)32-26-28-34(29-27-32)43-31-42(33-16-6-3-7-17-33)50-48(51-43)35-18-8-4-9-19-35/h3-31H,1-2H3. The van der Waals surface area contributed by atoms with Crippen LogP contribution in [0.15, 0.2) is 176 Å². The van der Waals surface area contributed by atoms with Crippen molar-refractivity contribution in [3.8, 4) is 61.8 Å². The molecule has 3 nitrogen and oxygen atoms in total. The third-order valence-electron chi connectivity index (χ3n) is 10.8. The normalized spacial score (nSPS) is 13.0. The average Bonchev–Trinajstić information content (AvgIpc) is 3.67. The third-order valence-corrected chi connectivity index (χ3v) is 10.8. The minimum Gasteiger partial charge on any atom is -0.309 e. The van der Waals surface area contributed by atoms with Gasteiger partial charge in [0.15, 0.2) is 5.82 Å². The largest absolute Gasteiger partial charge is 0.309 e. The number of hydrogen-bond acceptors (Lipinski definition) is 2. The van der Waals surface area contributed by atoms with Gasteiger partial charge in [0.25, 0.3) is 0 Å². The molecule has 0 saturated carbocycles. The van der Waals surface area contributed by atoms with Crippen LogP contribution in [0, 0.1) is 0 Å². The Balaban J connectivity index is 1.21. The van der Waals surface area contributed by atoms with E-state index in [4.69, 9.17) is 9.97 Å². The molecule has 2 aromatic heterocycles. The van der Waals surface area contributed by atoms with Crippen LogP contribution < -0.4 is 0 Å². The summed E-state index contributed by atoms with van der Waals surface area (Å²) in [5.74, 6) is 0.718. The second kappa shape index (κ2) is 11.8. The summed E-state index contributed by atoms with van der Waals surface area (Å²) in [7, 11) is 0. The molecule has 0 N–H and O–H groups in total. The zero-order valence-corrected chi connectivity index (χ0v) is 29.1. The van der Waals surface area contributed by atoms with Crippen molar-refractivity contribution < 1.29 is 0 Å². The fourth-order valence-corrected chi connectivity index (χ4v) is 8.29. The van der Waals surface area contributed by atoms with Gasteiger partial charge in [0.05, 0.1) is 22.4 Å². The highest BCUT2D eigenvalue weighted by Gasteiger charge is 2.38. The number of fused-ring (bicyclic) bond motifs is 7. The predicted octanol–water partition coefficient (Wildman–Crippen LogP) is 12.5. The first-order chi connectivity index (χ1) is 25.6. The Morgan fingerprint density at radius 2 is 1.02 bits per heavy atom. The molecule has 7 aromatic carbocycles. The van der Waals surface area contributed by atoms with Crippen molar-refractivity contribution >= 4 is 21.8 Å². The highest BCUT2D eigenvalue weighted by atomic mass is 15.0. The molecule has 1 aliphatic rings. The number of para-hydroxylation sites is 2. The zero-order chi connectivity index (χ0) is 34.8. The van der Waals surface area contributed by atoms with Crippen LogP contribution in [-0.4, -0.2) is 14.5 Å². The maximum atomic E-state index is 5.11. The van der Waals surface area contributed by atoms with Gasteiger partial charge in [-0.05, 0) is 58.1 Å². The van der Waals surface area contributed by atoms with Gasteiger partial charge in [0.2, 0.25) is 0 Å². The molecule has 52 heavy (non-hydrogen) atoms. The van der Waals surface area contributed by atoms with Crippen LogP contribution >= 0.6 is 0 Å². The molecule has 9 aromatic rings. The zero-order valence-electron chi connectivity index (χ0n) is 29.1. The lowest BCUT2D eigenvalue weighted by molar-refractivity contribution is 0.661. The molecule has 0 atom stereocenters. The Morgan fingerprint density at radius 3 is 1.73 bits per heavy atom. The summed E-state index contributed by atoms with van der Waals surface area (Å²) in [5.41, 5.74) is 16.2. The summed E-state index contributed by atoms with van der Waals surface area (Å²) in [5, 5.41) is 2.58. The van der Waals surface area contributed by atoms with Crippen LogP contribution in [0.5, 0.6) is 0 Å². The molecule has 1 aliphatic carbocycles. The van der Waals surface area contributed by atoms with Crippen molar-refractivity contribution in [3.05, 3.63) is 187 Å². The Kier molecular flexibility index (Phi) is 6.84. The van der Waals surface area contributed by atoms with Gasteiger partial charge in [-0.25, -0.2) is 9.97 Å². The molecule has 0 aliphatic heterocycles. The van der Waals surface area contributed by atoms with E-state index in [0.717, 1.165) is 39.6 Å². The van der Waals surface area contributed by atoms with Crippen molar-refractivity contribution in [1.29, 1.82) is 0 Å². The molecule has 2 heterocycles. The molecule has 3 heteroatoms. The van der Waals surface area contributed by atoms with Crippen molar-refractivity contribution in [2.45, 2.75) is 19.3 Å². The van der Waals surface area contributed by atoms with Gasteiger partial charge in [0.1, 0.15) is 0 Å². The molecule has 0 unspecified atom stereocenters. The molecular weight excluding hydrogens is 631 g/mol. The van der Waals surface area contributed by atoms with E-state index in [-0.39, 0.29) is 5.41 Å². The van der Waals surface area contributed by atoms with Crippen LogP contribution in [-0.2, 0) is 5.41 Å². The van der Waals surface area contributed by atoms with E-state index in [9.17, 15) is 0 Å². The summed E-state index contributed by atoms with van der Waals surface area (Å²) in [4.78, 5) is 10.1. The molecule has 0 amide bonds. The summed E-state index contributed by atoms with van der Waals surface area (Å²) < 4.78 is 2.46. The molecule has 0 fully saturated rings. The van der Waals surface area contributed by atoms with Crippen LogP contribution in [0.1, 0.15) is 25.0 Å². The first kappa shape index (κ1) is 30.3. The molecule has 0 spiro atoms. The van der Waals surface area contributed by atoms with Crippen molar-refractivity contribution in [2.24, 2.45) is 0 Å². The maximum Gasteiger partial charge on any atom is 0.160 e. The van der Waals surface area contributed by atoms with E-state index in [1.54, 1.807) is 0 Å². The van der Waals surface area contributed by atoms with Gasteiger partial charge in [-0.15, -0.1) is 0 Å². The SMILES string of the molecule is CC1(C)c2ccccc2-c2c1cc(-c1ccc(-c3cc(-c4ccccc4)nc(-c4ccccc4)n3)cc1)c1c2c2ccccc2n1-c1ccccc1. The van der Waals surface area contributed by atoms with Gasteiger partial charge in [0, 0.05) is 44.1 Å². The van der Waals surface area contributed by atoms with Gasteiger partial charge in [-0.1, -0.05) is 159 Å². The number of benzene rings is 7. The number of aromatic nitrogens is 3. The molecular formula is C49H35N3. The monoisotopic (exact) mass is 665 g/mol. The highest BCUT2D eigenvalue weighted by Crippen LogP contribution is 2.55.